The van der Waals surface area contributed by atoms with Gasteiger partial charge in [0.2, 0.25) is 0 Å². The molecule has 0 unspecified atom stereocenters. The zero-order valence-electron chi connectivity index (χ0n) is 14.6. The largest absolute Gasteiger partial charge is 0.481 e. The third kappa shape index (κ3) is 4.04. The van der Waals surface area contributed by atoms with Crippen molar-refractivity contribution in [3.05, 3.63) is 34.9 Å². The molecule has 1 fully saturated rings. The minimum absolute atomic E-state index is 0.167. The van der Waals surface area contributed by atoms with Crippen LogP contribution in [0.25, 0.3) is 6.08 Å². The number of aliphatic carboxylic acids is 1. The zero-order chi connectivity index (χ0) is 17.1. The van der Waals surface area contributed by atoms with E-state index in [-0.39, 0.29) is 5.92 Å². The fraction of sp³-hybridized carbons (Fsp3) is 0.550. The highest BCUT2D eigenvalue weighted by molar-refractivity contribution is 7.99. The summed E-state index contributed by atoms with van der Waals surface area (Å²) in [5, 5.41) is 9.00. The Morgan fingerprint density at radius 2 is 2.17 bits per heavy atom. The lowest BCUT2D eigenvalue weighted by Gasteiger charge is -2.38. The van der Waals surface area contributed by atoms with Crippen LogP contribution in [-0.2, 0) is 11.2 Å². The standard InChI is InChI=1S/C20H27NO2S/c1-3-4-7-24-19-6-5-15-9-17(14(2)8-16(15)10-19)11-21-12-18(13-21)20(22)23/h5-6,9-10,14,18H,3-4,7-8,11-13H2,1-2H3,(H,22,23)/t14-/m0/s1. The first kappa shape index (κ1) is 17.6. The molecule has 3 rings (SSSR count). The monoisotopic (exact) mass is 345 g/mol. The van der Waals surface area contributed by atoms with Gasteiger partial charge in [0.15, 0.2) is 0 Å². The molecule has 130 valence electrons. The maximum absolute atomic E-state index is 10.9. The molecule has 4 heteroatoms. The first-order chi connectivity index (χ1) is 11.6. The highest BCUT2D eigenvalue weighted by Crippen LogP contribution is 2.33. The predicted octanol–water partition coefficient (Wildman–Crippen LogP) is 4.17. The second-order valence-corrected chi connectivity index (χ2v) is 8.28. The van der Waals surface area contributed by atoms with E-state index in [2.05, 4.69) is 43.0 Å². The Hall–Kier alpha value is -1.26. The average molecular weight is 346 g/mol. The zero-order valence-corrected chi connectivity index (χ0v) is 15.4. The van der Waals surface area contributed by atoms with E-state index in [4.69, 9.17) is 5.11 Å². The van der Waals surface area contributed by atoms with Crippen LogP contribution in [0.3, 0.4) is 0 Å². The van der Waals surface area contributed by atoms with Crippen LogP contribution in [0.5, 0.6) is 0 Å². The van der Waals surface area contributed by atoms with Crippen LogP contribution in [0.1, 0.15) is 37.8 Å². The number of benzene rings is 1. The third-order valence-electron chi connectivity index (χ3n) is 5.09. The number of carbonyl (C=O) groups is 1. The molecular formula is C20H27NO2S. The number of hydrogen-bond acceptors (Lipinski definition) is 3. The van der Waals surface area contributed by atoms with E-state index in [1.54, 1.807) is 0 Å². The quantitative estimate of drug-likeness (QED) is 0.595. The van der Waals surface area contributed by atoms with Gasteiger partial charge >= 0.3 is 5.97 Å². The number of likely N-dealkylation sites (tertiary alicyclic amines) is 1. The van der Waals surface area contributed by atoms with Crippen molar-refractivity contribution < 1.29 is 9.90 Å². The van der Waals surface area contributed by atoms with Crippen molar-refractivity contribution in [2.45, 2.75) is 38.0 Å². The van der Waals surface area contributed by atoms with Gasteiger partial charge in [0.05, 0.1) is 5.92 Å². The van der Waals surface area contributed by atoms with Gasteiger partial charge in [0, 0.05) is 24.5 Å². The number of thioether (sulfide) groups is 1. The van der Waals surface area contributed by atoms with Crippen molar-refractivity contribution in [1.29, 1.82) is 0 Å². The van der Waals surface area contributed by atoms with Gasteiger partial charge < -0.3 is 5.11 Å². The topological polar surface area (TPSA) is 40.5 Å². The van der Waals surface area contributed by atoms with E-state index >= 15 is 0 Å². The molecule has 1 aromatic carbocycles. The summed E-state index contributed by atoms with van der Waals surface area (Å²) >= 11 is 1.96. The SMILES string of the molecule is CCCCSc1ccc2c(c1)C[C@H](C)C(CN1CC(C(=O)O)C1)=C2. The summed E-state index contributed by atoms with van der Waals surface area (Å²) in [5.41, 5.74) is 4.25. The van der Waals surface area contributed by atoms with Crippen molar-refractivity contribution in [2.75, 3.05) is 25.4 Å². The number of fused-ring (bicyclic) bond motifs is 1. The molecule has 0 spiro atoms. The van der Waals surface area contributed by atoms with Gasteiger partial charge in [-0.05, 0) is 47.8 Å². The van der Waals surface area contributed by atoms with Gasteiger partial charge in [-0.1, -0.05) is 38.0 Å². The molecule has 24 heavy (non-hydrogen) atoms. The number of carboxylic acid groups (broad SMARTS) is 1. The fourth-order valence-electron chi connectivity index (χ4n) is 3.44. The van der Waals surface area contributed by atoms with Crippen molar-refractivity contribution in [3.8, 4) is 0 Å². The Bertz CT molecular complexity index is 635. The van der Waals surface area contributed by atoms with Gasteiger partial charge in [-0.25, -0.2) is 0 Å². The van der Waals surface area contributed by atoms with Gasteiger partial charge in [0.25, 0.3) is 0 Å². The molecule has 1 saturated heterocycles. The second-order valence-electron chi connectivity index (χ2n) is 7.12. The Morgan fingerprint density at radius 3 is 2.88 bits per heavy atom. The summed E-state index contributed by atoms with van der Waals surface area (Å²) < 4.78 is 0. The molecule has 1 atom stereocenters. The first-order valence-corrected chi connectivity index (χ1v) is 9.96. The lowest BCUT2D eigenvalue weighted by molar-refractivity contribution is -0.147. The van der Waals surface area contributed by atoms with Crippen molar-refractivity contribution in [3.63, 3.8) is 0 Å². The minimum Gasteiger partial charge on any atom is -0.481 e. The summed E-state index contributed by atoms with van der Waals surface area (Å²) in [5.74, 6) is 0.915. The van der Waals surface area contributed by atoms with E-state index < -0.39 is 5.97 Å². The lowest BCUT2D eigenvalue weighted by atomic mass is 9.83. The van der Waals surface area contributed by atoms with E-state index in [0.29, 0.717) is 19.0 Å². The molecule has 2 aliphatic rings. The summed E-state index contributed by atoms with van der Waals surface area (Å²) in [6.45, 7) is 6.83. The Labute approximate surface area is 149 Å². The fourth-order valence-corrected chi connectivity index (χ4v) is 4.50. The lowest BCUT2D eigenvalue weighted by Crippen LogP contribution is -2.51. The van der Waals surface area contributed by atoms with Crippen molar-refractivity contribution in [1.82, 2.24) is 4.90 Å². The summed E-state index contributed by atoms with van der Waals surface area (Å²) in [6, 6.07) is 6.86. The second kappa shape index (κ2) is 7.75. The van der Waals surface area contributed by atoms with E-state index in [1.807, 2.05) is 11.8 Å². The molecule has 1 aliphatic carbocycles. The van der Waals surface area contributed by atoms with E-state index in [0.717, 1.165) is 13.0 Å². The van der Waals surface area contributed by atoms with Crippen LogP contribution >= 0.6 is 11.8 Å². The third-order valence-corrected chi connectivity index (χ3v) is 6.17. The van der Waals surface area contributed by atoms with Crippen LogP contribution in [0.15, 0.2) is 28.7 Å². The molecule has 1 heterocycles. The maximum Gasteiger partial charge on any atom is 0.309 e. The van der Waals surface area contributed by atoms with Gasteiger partial charge in [-0.2, -0.15) is 0 Å². The molecule has 0 bridgehead atoms. The molecule has 0 saturated carbocycles. The number of nitrogens with zero attached hydrogens (tertiary/aromatic N) is 1. The molecule has 1 N–H and O–H groups in total. The number of carboxylic acids is 1. The highest BCUT2D eigenvalue weighted by atomic mass is 32.2. The maximum atomic E-state index is 10.9. The average Bonchev–Trinajstić information content (AvgIpc) is 2.50. The predicted molar refractivity (Wildman–Crippen MR) is 100 cm³/mol. The van der Waals surface area contributed by atoms with Gasteiger partial charge in [0.1, 0.15) is 0 Å². The van der Waals surface area contributed by atoms with E-state index in [9.17, 15) is 4.79 Å². The smallest absolute Gasteiger partial charge is 0.309 e. The van der Waals surface area contributed by atoms with Crippen LogP contribution in [0.4, 0.5) is 0 Å². The molecule has 0 amide bonds. The minimum atomic E-state index is -0.657. The summed E-state index contributed by atoms with van der Waals surface area (Å²) in [4.78, 5) is 14.6. The normalized spacial score (nSPS) is 21.1. The molecule has 3 nitrogen and oxygen atoms in total. The highest BCUT2D eigenvalue weighted by Gasteiger charge is 2.33. The molecule has 1 aromatic rings. The first-order valence-electron chi connectivity index (χ1n) is 8.98. The Balaban J connectivity index is 1.63. The summed E-state index contributed by atoms with van der Waals surface area (Å²) in [6.07, 6.45) is 5.95. The molecule has 0 radical (unpaired) electrons. The Morgan fingerprint density at radius 1 is 1.38 bits per heavy atom. The van der Waals surface area contributed by atoms with Gasteiger partial charge in [-0.3, -0.25) is 9.69 Å². The van der Waals surface area contributed by atoms with Crippen LogP contribution < -0.4 is 0 Å². The Kier molecular flexibility index (Phi) is 5.67. The van der Waals surface area contributed by atoms with Crippen molar-refractivity contribution >= 4 is 23.8 Å². The van der Waals surface area contributed by atoms with E-state index in [1.165, 1.54) is 40.2 Å². The molecular weight excluding hydrogens is 318 g/mol. The van der Waals surface area contributed by atoms with Crippen LogP contribution in [-0.4, -0.2) is 41.4 Å². The van der Waals surface area contributed by atoms with Crippen LogP contribution in [0.2, 0.25) is 0 Å². The van der Waals surface area contributed by atoms with Crippen molar-refractivity contribution in [2.24, 2.45) is 11.8 Å². The number of unbranched alkanes of at least 4 members (excludes halogenated alkanes) is 1. The summed E-state index contributed by atoms with van der Waals surface area (Å²) in [7, 11) is 0. The molecule has 1 aliphatic heterocycles. The van der Waals surface area contributed by atoms with Gasteiger partial charge in [-0.15, -0.1) is 11.8 Å². The molecule has 0 aromatic heterocycles. The van der Waals surface area contributed by atoms with Crippen LogP contribution in [0, 0.1) is 11.8 Å². The number of rotatable bonds is 7. The number of hydrogen-bond donors (Lipinski definition) is 1.